The molecule has 0 amide bonds. The van der Waals surface area contributed by atoms with Gasteiger partial charge in [0, 0.05) is 17.5 Å². The van der Waals surface area contributed by atoms with E-state index in [1.165, 1.54) is 5.32 Å². The highest BCUT2D eigenvalue weighted by Crippen LogP contribution is 2.49. The van der Waals surface area contributed by atoms with Crippen molar-refractivity contribution in [1.82, 2.24) is 5.32 Å². The highest BCUT2D eigenvalue weighted by atomic mass is 19.4. The molecule has 0 saturated heterocycles. The number of carbonyl (C=O) groups is 1. The van der Waals surface area contributed by atoms with Gasteiger partial charge < -0.3 is 5.32 Å². The van der Waals surface area contributed by atoms with Gasteiger partial charge in [0.15, 0.2) is 5.78 Å². The summed E-state index contributed by atoms with van der Waals surface area (Å²) in [5.41, 5.74) is -5.01. The predicted molar refractivity (Wildman–Crippen MR) is 90.0 cm³/mol. The molecule has 0 saturated carbocycles. The molecule has 0 fully saturated rings. The molecule has 0 aromatic heterocycles. The third-order valence-electron chi connectivity index (χ3n) is 4.66. The van der Waals surface area contributed by atoms with Crippen LogP contribution < -0.4 is 5.32 Å². The zero-order chi connectivity index (χ0) is 22.3. The van der Waals surface area contributed by atoms with Gasteiger partial charge in [-0.1, -0.05) is 0 Å². The summed E-state index contributed by atoms with van der Waals surface area (Å²) in [5.74, 6) is -3.34. The molecule has 1 N–H and O–H groups in total. The Bertz CT molecular complexity index is 948. The molecule has 30 heavy (non-hydrogen) atoms. The van der Waals surface area contributed by atoms with Gasteiger partial charge in [-0.3, -0.25) is 9.79 Å². The van der Waals surface area contributed by atoms with Crippen LogP contribution in [0.4, 0.5) is 35.1 Å². The summed E-state index contributed by atoms with van der Waals surface area (Å²) in [6.07, 6.45) is -13.0. The number of nitrogens with one attached hydrogen (secondary N) is 1. The van der Waals surface area contributed by atoms with Gasteiger partial charge in [-0.25, -0.2) is 8.78 Å². The zero-order valence-electron chi connectivity index (χ0n) is 14.8. The lowest BCUT2D eigenvalue weighted by Gasteiger charge is -2.37. The molecule has 1 aliphatic heterocycles. The summed E-state index contributed by atoms with van der Waals surface area (Å²) in [7, 11) is 0. The van der Waals surface area contributed by atoms with E-state index in [1.807, 2.05) is 0 Å². The lowest BCUT2D eigenvalue weighted by Crippen LogP contribution is -2.70. The van der Waals surface area contributed by atoms with Gasteiger partial charge in [-0.05, 0) is 48.5 Å². The van der Waals surface area contributed by atoms with Crippen LogP contribution in [0.25, 0.3) is 0 Å². The van der Waals surface area contributed by atoms with Gasteiger partial charge in [0.05, 0.1) is 0 Å². The topological polar surface area (TPSA) is 41.5 Å². The van der Waals surface area contributed by atoms with Crippen molar-refractivity contribution in [3.05, 3.63) is 71.3 Å². The molecule has 3 nitrogen and oxygen atoms in total. The number of Topliss-reactive ketones (excluding diaryl/α,β-unsaturated/α-hetero) is 1. The second-order valence-corrected chi connectivity index (χ2v) is 6.56. The van der Waals surface area contributed by atoms with Crippen LogP contribution in [0.1, 0.15) is 22.3 Å². The summed E-state index contributed by atoms with van der Waals surface area (Å²) in [5, 5.41) is 1.40. The predicted octanol–water partition coefficient (Wildman–Crippen LogP) is 4.82. The molecule has 0 radical (unpaired) electrons. The molecular formula is C19H12F8N2O. The number of benzene rings is 2. The van der Waals surface area contributed by atoms with Crippen molar-refractivity contribution < 1.29 is 39.9 Å². The van der Waals surface area contributed by atoms with Gasteiger partial charge in [-0.15, -0.1) is 0 Å². The van der Waals surface area contributed by atoms with Crippen LogP contribution in [0.5, 0.6) is 0 Å². The van der Waals surface area contributed by atoms with Crippen molar-refractivity contribution in [1.29, 1.82) is 0 Å². The number of hydrogen-bond donors (Lipinski definition) is 1. The van der Waals surface area contributed by atoms with E-state index in [4.69, 9.17) is 0 Å². The number of halogens is 8. The van der Waals surface area contributed by atoms with Crippen molar-refractivity contribution >= 4 is 11.6 Å². The second-order valence-electron chi connectivity index (χ2n) is 6.56. The number of amidine groups is 1. The van der Waals surface area contributed by atoms with Crippen LogP contribution >= 0.6 is 0 Å². The Hall–Kier alpha value is -2.98. The minimum atomic E-state index is -5.87. The molecule has 1 aliphatic rings. The van der Waals surface area contributed by atoms with Crippen molar-refractivity contribution in [3.8, 4) is 0 Å². The average Bonchev–Trinajstić information content (AvgIpc) is 3.03. The van der Waals surface area contributed by atoms with Crippen LogP contribution in [0, 0.1) is 11.6 Å². The number of alkyl halides is 6. The number of aliphatic imine (C=N–C) groups is 1. The fourth-order valence-corrected chi connectivity index (χ4v) is 3.12. The van der Waals surface area contributed by atoms with Crippen LogP contribution in [-0.4, -0.2) is 35.6 Å². The van der Waals surface area contributed by atoms with E-state index in [1.54, 1.807) is 0 Å². The first-order valence-corrected chi connectivity index (χ1v) is 8.39. The monoisotopic (exact) mass is 436 g/mol. The fraction of sp³-hybridized carbons (Fsp3) is 0.263. The van der Waals surface area contributed by atoms with E-state index in [0.717, 1.165) is 48.5 Å². The second kappa shape index (κ2) is 7.37. The first-order chi connectivity index (χ1) is 13.8. The largest absolute Gasteiger partial charge is 0.422 e. The van der Waals surface area contributed by atoms with E-state index < -0.39 is 53.6 Å². The van der Waals surface area contributed by atoms with E-state index >= 15 is 0 Å². The molecule has 2 aromatic carbocycles. The Morgan fingerprint density at radius 3 is 1.80 bits per heavy atom. The zero-order valence-corrected chi connectivity index (χ0v) is 14.8. The molecule has 1 unspecified atom stereocenters. The maximum atomic E-state index is 13.7. The molecule has 160 valence electrons. The molecule has 2 aromatic rings. The van der Waals surface area contributed by atoms with E-state index in [0.29, 0.717) is 0 Å². The summed E-state index contributed by atoms with van der Waals surface area (Å²) >= 11 is 0. The number of hydrogen-bond acceptors (Lipinski definition) is 3. The van der Waals surface area contributed by atoms with Gasteiger partial charge >= 0.3 is 12.4 Å². The van der Waals surface area contributed by atoms with Crippen LogP contribution in [0.3, 0.4) is 0 Å². The van der Waals surface area contributed by atoms with Gasteiger partial charge in [0.25, 0.3) is 5.54 Å². The quantitative estimate of drug-likeness (QED) is 0.552. The maximum Gasteiger partial charge on any atom is 0.422 e. The molecule has 1 heterocycles. The Labute approximate surface area is 164 Å². The van der Waals surface area contributed by atoms with Crippen LogP contribution in [-0.2, 0) is 0 Å². The van der Waals surface area contributed by atoms with Crippen LogP contribution in [0.2, 0.25) is 0 Å². The Balaban J connectivity index is 2.05. The Morgan fingerprint density at radius 2 is 1.33 bits per heavy atom. The number of ketones is 1. The minimum absolute atomic E-state index is 0.217. The SMILES string of the molecule is O=C(CC1N=C(c2ccc(F)cc2)NC1(C(F)(F)F)C(F)(F)F)c1ccc(F)cc1. The summed E-state index contributed by atoms with van der Waals surface area (Å²) in [6.45, 7) is 0. The lowest BCUT2D eigenvalue weighted by atomic mass is 9.85. The van der Waals surface area contributed by atoms with Crippen LogP contribution in [0.15, 0.2) is 53.5 Å². The Morgan fingerprint density at radius 1 is 0.867 bits per heavy atom. The Kier molecular flexibility index (Phi) is 5.33. The molecule has 0 aliphatic carbocycles. The molecule has 0 spiro atoms. The van der Waals surface area contributed by atoms with Crippen molar-refractivity contribution in [2.24, 2.45) is 4.99 Å². The number of nitrogens with zero attached hydrogens (tertiary/aromatic N) is 1. The molecule has 3 rings (SSSR count). The van der Waals surface area contributed by atoms with Crippen molar-refractivity contribution in [2.45, 2.75) is 30.4 Å². The first-order valence-electron chi connectivity index (χ1n) is 8.39. The minimum Gasteiger partial charge on any atom is -0.347 e. The smallest absolute Gasteiger partial charge is 0.347 e. The summed E-state index contributed by atoms with van der Waals surface area (Å²) < 4.78 is 109. The maximum absolute atomic E-state index is 13.7. The average molecular weight is 436 g/mol. The van der Waals surface area contributed by atoms with Gasteiger partial charge in [0.2, 0.25) is 0 Å². The molecular weight excluding hydrogens is 424 g/mol. The first kappa shape index (κ1) is 21.7. The number of rotatable bonds is 4. The third-order valence-corrected chi connectivity index (χ3v) is 4.66. The van der Waals surface area contributed by atoms with E-state index in [-0.39, 0.29) is 11.1 Å². The van der Waals surface area contributed by atoms with E-state index in [2.05, 4.69) is 4.99 Å². The van der Waals surface area contributed by atoms with Gasteiger partial charge in [0.1, 0.15) is 23.5 Å². The highest BCUT2D eigenvalue weighted by molar-refractivity contribution is 6.02. The fourth-order valence-electron chi connectivity index (χ4n) is 3.12. The highest BCUT2D eigenvalue weighted by Gasteiger charge is 2.77. The van der Waals surface area contributed by atoms with Crippen molar-refractivity contribution in [2.75, 3.05) is 0 Å². The lowest BCUT2D eigenvalue weighted by molar-refractivity contribution is -0.305. The van der Waals surface area contributed by atoms with E-state index in [9.17, 15) is 39.9 Å². The normalized spacial score (nSPS) is 18.7. The molecule has 11 heteroatoms. The van der Waals surface area contributed by atoms with Gasteiger partial charge in [-0.2, -0.15) is 26.3 Å². The summed E-state index contributed by atoms with van der Waals surface area (Å²) in [6, 6.07) is 4.64. The molecule has 0 bridgehead atoms. The van der Waals surface area contributed by atoms with Crippen molar-refractivity contribution in [3.63, 3.8) is 0 Å². The number of carbonyl (C=O) groups excluding carboxylic acids is 1. The third kappa shape index (κ3) is 3.75. The molecule has 1 atom stereocenters. The standard InChI is InChI=1S/C19H12F8N2O/c20-12-5-1-10(2-6-12)14(30)9-15-17(18(22,23)24,19(25,26)27)29-16(28-15)11-3-7-13(21)8-4-11/h1-8,15H,9H2,(H,28,29). The summed E-state index contributed by atoms with van der Waals surface area (Å²) in [4.78, 5) is 15.8.